The second-order valence-corrected chi connectivity index (χ2v) is 7.04. The van der Waals surface area contributed by atoms with E-state index in [-0.39, 0.29) is 5.41 Å². The summed E-state index contributed by atoms with van der Waals surface area (Å²) < 4.78 is 0. The van der Waals surface area contributed by atoms with Crippen molar-refractivity contribution in [1.29, 1.82) is 0 Å². The van der Waals surface area contributed by atoms with Crippen LogP contribution in [0.1, 0.15) is 48.5 Å². The van der Waals surface area contributed by atoms with E-state index < -0.39 is 0 Å². The first-order valence-corrected chi connectivity index (χ1v) is 7.34. The summed E-state index contributed by atoms with van der Waals surface area (Å²) in [5.74, 6) is 1.79. The molecule has 0 nitrogen and oxygen atoms in total. The fraction of sp³-hybridized carbons (Fsp3) is 0.750. The van der Waals surface area contributed by atoms with E-state index in [1.807, 2.05) is 0 Å². The highest BCUT2D eigenvalue weighted by atomic mass is 32.1. The van der Waals surface area contributed by atoms with Crippen LogP contribution in [0.15, 0.2) is 23.3 Å². The van der Waals surface area contributed by atoms with E-state index in [1.54, 1.807) is 0 Å². The summed E-state index contributed by atoms with van der Waals surface area (Å²) >= 11 is 4.91. The molecule has 1 aliphatic rings. The molecule has 2 unspecified atom stereocenters. The van der Waals surface area contributed by atoms with Crippen LogP contribution in [0.2, 0.25) is 0 Å². The van der Waals surface area contributed by atoms with Crippen molar-refractivity contribution < 1.29 is 0 Å². The van der Waals surface area contributed by atoms with Crippen LogP contribution in [0.3, 0.4) is 0 Å². The van der Waals surface area contributed by atoms with E-state index in [0.29, 0.717) is 23.0 Å². The molecule has 1 aliphatic carbocycles. The Morgan fingerprint density at radius 2 is 1.59 bits per heavy atom. The smallest absolute Gasteiger partial charge is 0.0322 e. The van der Waals surface area contributed by atoms with E-state index in [2.05, 4.69) is 60.6 Å². The third-order valence-corrected chi connectivity index (χ3v) is 5.15. The van der Waals surface area contributed by atoms with Crippen LogP contribution in [0.5, 0.6) is 0 Å². The summed E-state index contributed by atoms with van der Waals surface area (Å²) in [5.41, 5.74) is 3.16. The first-order chi connectivity index (χ1) is 7.70. The molecule has 1 heteroatoms. The Labute approximate surface area is 113 Å². The van der Waals surface area contributed by atoms with Gasteiger partial charge in [0.2, 0.25) is 0 Å². The molecule has 1 rings (SSSR count). The lowest BCUT2D eigenvalue weighted by Gasteiger charge is -2.42. The van der Waals surface area contributed by atoms with Crippen LogP contribution in [0.25, 0.3) is 0 Å². The van der Waals surface area contributed by atoms with Crippen LogP contribution in [0.4, 0.5) is 0 Å². The quantitative estimate of drug-likeness (QED) is 0.662. The Balaban J connectivity index is 3.25. The predicted octanol–water partition coefficient (Wildman–Crippen LogP) is 5.13. The van der Waals surface area contributed by atoms with Gasteiger partial charge in [-0.1, -0.05) is 66.2 Å². The topological polar surface area (TPSA) is 0 Å². The van der Waals surface area contributed by atoms with Crippen molar-refractivity contribution in [2.24, 2.45) is 23.2 Å². The molecule has 0 heterocycles. The van der Waals surface area contributed by atoms with E-state index >= 15 is 0 Å². The van der Waals surface area contributed by atoms with Gasteiger partial charge in [0.15, 0.2) is 0 Å². The van der Waals surface area contributed by atoms with Crippen molar-refractivity contribution in [3.63, 3.8) is 0 Å². The molecule has 0 radical (unpaired) electrons. The largest absolute Gasteiger partial charge is 0.171 e. The van der Waals surface area contributed by atoms with Crippen LogP contribution >= 0.6 is 12.6 Å². The van der Waals surface area contributed by atoms with E-state index in [4.69, 9.17) is 12.6 Å². The van der Waals surface area contributed by atoms with Gasteiger partial charge in [-0.3, -0.25) is 0 Å². The van der Waals surface area contributed by atoms with Crippen molar-refractivity contribution in [2.75, 3.05) is 0 Å². The van der Waals surface area contributed by atoms with E-state index in [1.165, 1.54) is 11.1 Å². The summed E-state index contributed by atoms with van der Waals surface area (Å²) in [6.07, 6.45) is 4.85. The standard InChI is InChI=1S/C16H28S/c1-10(2)13-8-14(11(3)4)15(17)16(7,9-13)12(5)6/h8-12,15,17H,1-7H3. The fourth-order valence-electron chi connectivity index (χ4n) is 2.41. The Morgan fingerprint density at radius 3 is 1.94 bits per heavy atom. The summed E-state index contributed by atoms with van der Waals surface area (Å²) in [6.45, 7) is 16.1. The molecule has 0 N–H and O–H groups in total. The molecule has 0 amide bonds. The number of hydrogen-bond acceptors (Lipinski definition) is 1. The van der Waals surface area contributed by atoms with Gasteiger partial charge >= 0.3 is 0 Å². The minimum absolute atomic E-state index is 0.178. The molecule has 0 aromatic heterocycles. The lowest BCUT2D eigenvalue weighted by molar-refractivity contribution is 0.291. The van der Waals surface area contributed by atoms with Gasteiger partial charge in [-0.05, 0) is 23.3 Å². The monoisotopic (exact) mass is 252 g/mol. The molecule has 98 valence electrons. The van der Waals surface area contributed by atoms with Crippen molar-refractivity contribution in [3.05, 3.63) is 23.3 Å². The Morgan fingerprint density at radius 1 is 1.06 bits per heavy atom. The van der Waals surface area contributed by atoms with Gasteiger partial charge in [-0.2, -0.15) is 12.6 Å². The maximum absolute atomic E-state index is 4.91. The highest BCUT2D eigenvalue weighted by Crippen LogP contribution is 2.46. The second-order valence-electron chi connectivity index (χ2n) is 6.52. The number of hydrogen-bond donors (Lipinski definition) is 1. The minimum atomic E-state index is 0.178. The number of allylic oxidation sites excluding steroid dienone is 3. The SMILES string of the molecule is CC(C)C1=CC(C)(C(C)C)C(S)C(C(C)C)=C1. The third kappa shape index (κ3) is 2.81. The lowest BCUT2D eigenvalue weighted by Crippen LogP contribution is -2.37. The normalized spacial score (nSPS) is 29.9. The average Bonchev–Trinajstić information content (AvgIpc) is 2.20. The van der Waals surface area contributed by atoms with Gasteiger partial charge in [0, 0.05) is 10.7 Å². The number of rotatable bonds is 3. The molecule has 0 spiro atoms. The molecule has 0 aliphatic heterocycles. The van der Waals surface area contributed by atoms with Gasteiger partial charge in [0.05, 0.1) is 0 Å². The zero-order valence-electron chi connectivity index (χ0n) is 12.4. The third-order valence-electron chi connectivity index (χ3n) is 4.29. The van der Waals surface area contributed by atoms with Crippen LogP contribution in [0, 0.1) is 23.2 Å². The van der Waals surface area contributed by atoms with Crippen LogP contribution in [-0.2, 0) is 0 Å². The molecule has 0 bridgehead atoms. The van der Waals surface area contributed by atoms with Gasteiger partial charge in [-0.25, -0.2) is 0 Å². The summed E-state index contributed by atoms with van der Waals surface area (Å²) in [6, 6.07) is 0. The number of thiol groups is 1. The van der Waals surface area contributed by atoms with E-state index in [9.17, 15) is 0 Å². The molecule has 0 saturated carbocycles. The van der Waals surface area contributed by atoms with Gasteiger partial charge in [-0.15, -0.1) is 0 Å². The van der Waals surface area contributed by atoms with Gasteiger partial charge in [0.25, 0.3) is 0 Å². The molecule has 17 heavy (non-hydrogen) atoms. The molecule has 0 aromatic carbocycles. The molecule has 0 fully saturated rings. The zero-order valence-corrected chi connectivity index (χ0v) is 13.3. The molecule has 0 saturated heterocycles. The zero-order chi connectivity index (χ0) is 13.4. The Hall–Kier alpha value is -0.170. The summed E-state index contributed by atoms with van der Waals surface area (Å²) in [7, 11) is 0. The maximum atomic E-state index is 4.91. The average molecular weight is 252 g/mol. The summed E-state index contributed by atoms with van der Waals surface area (Å²) in [5, 5.41) is 0.352. The first kappa shape index (κ1) is 14.9. The molecule has 0 aromatic rings. The van der Waals surface area contributed by atoms with Gasteiger partial charge in [0.1, 0.15) is 0 Å². The molecular formula is C16H28S. The second kappa shape index (κ2) is 5.22. The molecular weight excluding hydrogens is 224 g/mol. The predicted molar refractivity (Wildman–Crippen MR) is 81.6 cm³/mol. The van der Waals surface area contributed by atoms with Crippen LogP contribution in [-0.4, -0.2) is 5.25 Å². The summed E-state index contributed by atoms with van der Waals surface area (Å²) in [4.78, 5) is 0. The minimum Gasteiger partial charge on any atom is -0.171 e. The highest BCUT2D eigenvalue weighted by Gasteiger charge is 2.38. The fourth-order valence-corrected chi connectivity index (χ4v) is 3.15. The highest BCUT2D eigenvalue weighted by molar-refractivity contribution is 7.81. The van der Waals surface area contributed by atoms with Crippen molar-refractivity contribution >= 4 is 12.6 Å². The first-order valence-electron chi connectivity index (χ1n) is 6.82. The lowest BCUT2D eigenvalue weighted by atomic mass is 9.67. The van der Waals surface area contributed by atoms with Gasteiger partial charge < -0.3 is 0 Å². The van der Waals surface area contributed by atoms with Crippen LogP contribution < -0.4 is 0 Å². The van der Waals surface area contributed by atoms with Crippen molar-refractivity contribution in [1.82, 2.24) is 0 Å². The Kier molecular flexibility index (Phi) is 4.57. The van der Waals surface area contributed by atoms with Crippen molar-refractivity contribution in [3.8, 4) is 0 Å². The Bertz CT molecular complexity index is 333. The van der Waals surface area contributed by atoms with Crippen molar-refractivity contribution in [2.45, 2.75) is 53.7 Å². The maximum Gasteiger partial charge on any atom is 0.0322 e. The molecule has 2 atom stereocenters. The van der Waals surface area contributed by atoms with E-state index in [0.717, 1.165) is 0 Å².